The van der Waals surface area contributed by atoms with Crippen LogP contribution in [0.25, 0.3) is 6.08 Å². The third-order valence-electron chi connectivity index (χ3n) is 5.91. The molecule has 0 radical (unpaired) electrons. The first-order valence-corrected chi connectivity index (χ1v) is 13.1. The molecule has 0 unspecified atom stereocenters. The Hall–Kier alpha value is -4.44. The molecule has 0 saturated carbocycles. The van der Waals surface area contributed by atoms with Gasteiger partial charge in [-0.15, -0.1) is 0 Å². The van der Waals surface area contributed by atoms with Crippen LogP contribution in [0, 0.1) is 0 Å². The minimum Gasteiger partial charge on any atom is -0.490 e. The lowest BCUT2D eigenvalue weighted by molar-refractivity contribution is -0.139. The van der Waals surface area contributed by atoms with Gasteiger partial charge in [-0.05, 0) is 62.2 Å². The summed E-state index contributed by atoms with van der Waals surface area (Å²) in [5.74, 6) is -0.617. The van der Waals surface area contributed by atoms with E-state index in [1.54, 1.807) is 56.3 Å². The molecule has 0 amide bonds. The van der Waals surface area contributed by atoms with Gasteiger partial charge in [-0.1, -0.05) is 42.2 Å². The first kappa shape index (κ1) is 27.6. The zero-order valence-corrected chi connectivity index (χ0v) is 22.6. The number of carboxylic acid groups (broad SMARTS) is 1. The SMILES string of the molecule is C=CCOc1ccc([C@H]2C(C(=O)OCC)=C(C)N=c3s/c(=C/c4ccc(C(=O)O)cc4)c(=O)n32)cc1OCC. The Labute approximate surface area is 228 Å². The van der Waals surface area contributed by atoms with E-state index in [2.05, 4.69) is 11.6 Å². The molecule has 0 spiro atoms. The van der Waals surface area contributed by atoms with Gasteiger partial charge < -0.3 is 19.3 Å². The second-order valence-electron chi connectivity index (χ2n) is 8.47. The van der Waals surface area contributed by atoms with Crippen molar-refractivity contribution in [2.45, 2.75) is 26.8 Å². The van der Waals surface area contributed by atoms with Crippen molar-refractivity contribution in [1.29, 1.82) is 0 Å². The standard InChI is InChI=1S/C29H28N2O7S/c1-5-14-38-21-13-12-20(16-22(21)36-6-2)25-24(28(35)37-7-3)17(4)30-29-31(25)26(32)23(39-29)15-18-8-10-19(11-9-18)27(33)34/h5,8-13,15-16,25H,1,6-7,14H2,2-4H3,(H,33,34)/b23-15+/t25-/m0/s1. The second-order valence-corrected chi connectivity index (χ2v) is 9.48. The monoisotopic (exact) mass is 548 g/mol. The fraction of sp³-hybridized carbons (Fsp3) is 0.241. The van der Waals surface area contributed by atoms with Crippen molar-refractivity contribution in [1.82, 2.24) is 4.57 Å². The lowest BCUT2D eigenvalue weighted by atomic mass is 9.95. The van der Waals surface area contributed by atoms with E-state index in [0.717, 1.165) is 0 Å². The molecule has 4 rings (SSSR count). The summed E-state index contributed by atoms with van der Waals surface area (Å²) in [5.41, 5.74) is 1.79. The highest BCUT2D eigenvalue weighted by atomic mass is 32.1. The van der Waals surface area contributed by atoms with E-state index >= 15 is 0 Å². The van der Waals surface area contributed by atoms with E-state index in [1.165, 1.54) is 28.0 Å². The molecule has 1 aliphatic heterocycles. The number of thiazole rings is 1. The van der Waals surface area contributed by atoms with Crippen LogP contribution in [0.3, 0.4) is 0 Å². The Bertz CT molecular complexity index is 1630. The van der Waals surface area contributed by atoms with Gasteiger partial charge in [0.15, 0.2) is 16.3 Å². The lowest BCUT2D eigenvalue weighted by Crippen LogP contribution is -2.40. The van der Waals surface area contributed by atoms with Crippen LogP contribution < -0.4 is 24.4 Å². The molecule has 2 heterocycles. The van der Waals surface area contributed by atoms with Gasteiger partial charge in [0, 0.05) is 0 Å². The molecule has 1 aromatic heterocycles. The molecule has 0 saturated heterocycles. The number of carboxylic acids is 1. The molecule has 202 valence electrons. The summed E-state index contributed by atoms with van der Waals surface area (Å²) in [7, 11) is 0. The third kappa shape index (κ3) is 5.70. The fourth-order valence-electron chi connectivity index (χ4n) is 4.21. The van der Waals surface area contributed by atoms with Crippen LogP contribution in [0.15, 0.2) is 76.2 Å². The number of allylic oxidation sites excluding steroid dienone is 1. The Morgan fingerprint density at radius 3 is 2.49 bits per heavy atom. The number of rotatable bonds is 10. The maximum Gasteiger partial charge on any atom is 0.338 e. The van der Waals surface area contributed by atoms with Crippen molar-refractivity contribution < 1.29 is 28.9 Å². The van der Waals surface area contributed by atoms with Crippen molar-refractivity contribution in [2.24, 2.45) is 4.99 Å². The molecule has 1 N–H and O–H groups in total. The molecule has 0 fully saturated rings. The molecular weight excluding hydrogens is 520 g/mol. The highest BCUT2D eigenvalue weighted by molar-refractivity contribution is 7.07. The Balaban J connectivity index is 1.91. The van der Waals surface area contributed by atoms with Gasteiger partial charge in [0.2, 0.25) is 0 Å². The average molecular weight is 549 g/mol. The van der Waals surface area contributed by atoms with Gasteiger partial charge in [0.1, 0.15) is 6.61 Å². The number of esters is 1. The van der Waals surface area contributed by atoms with Gasteiger partial charge in [-0.2, -0.15) is 0 Å². The van der Waals surface area contributed by atoms with E-state index in [4.69, 9.17) is 19.3 Å². The maximum absolute atomic E-state index is 13.8. The summed E-state index contributed by atoms with van der Waals surface area (Å²) < 4.78 is 18.8. The highest BCUT2D eigenvalue weighted by Crippen LogP contribution is 2.36. The van der Waals surface area contributed by atoms with Crippen LogP contribution in [0.4, 0.5) is 0 Å². The topological polar surface area (TPSA) is 116 Å². The van der Waals surface area contributed by atoms with E-state index in [-0.39, 0.29) is 29.9 Å². The number of benzene rings is 2. The predicted octanol–water partition coefficient (Wildman–Crippen LogP) is 3.46. The molecule has 9 nitrogen and oxygen atoms in total. The van der Waals surface area contributed by atoms with Crippen molar-refractivity contribution in [3.63, 3.8) is 0 Å². The van der Waals surface area contributed by atoms with Crippen molar-refractivity contribution >= 4 is 29.4 Å². The largest absolute Gasteiger partial charge is 0.490 e. The Kier molecular flexibility index (Phi) is 8.46. The Morgan fingerprint density at radius 2 is 1.85 bits per heavy atom. The predicted molar refractivity (Wildman–Crippen MR) is 147 cm³/mol. The third-order valence-corrected chi connectivity index (χ3v) is 6.90. The molecule has 0 bridgehead atoms. The first-order valence-electron chi connectivity index (χ1n) is 12.3. The van der Waals surface area contributed by atoms with Crippen LogP contribution in [0.5, 0.6) is 11.5 Å². The van der Waals surface area contributed by atoms with Crippen LogP contribution in [0.1, 0.15) is 48.3 Å². The lowest BCUT2D eigenvalue weighted by Gasteiger charge is -2.25. The molecule has 10 heteroatoms. The zero-order chi connectivity index (χ0) is 28.1. The van der Waals surface area contributed by atoms with Gasteiger partial charge in [-0.25, -0.2) is 14.6 Å². The summed E-state index contributed by atoms with van der Waals surface area (Å²) in [6, 6.07) is 10.7. The van der Waals surface area contributed by atoms with Crippen molar-refractivity contribution in [3.05, 3.63) is 103 Å². The van der Waals surface area contributed by atoms with E-state index in [0.29, 0.717) is 44.3 Å². The number of nitrogens with zero attached hydrogens (tertiary/aromatic N) is 2. The first-order chi connectivity index (χ1) is 18.8. The van der Waals surface area contributed by atoms with Crippen molar-refractivity contribution in [3.8, 4) is 11.5 Å². The molecule has 1 aliphatic rings. The zero-order valence-electron chi connectivity index (χ0n) is 21.8. The van der Waals surface area contributed by atoms with Crippen LogP contribution in [-0.4, -0.2) is 41.4 Å². The molecule has 39 heavy (non-hydrogen) atoms. The summed E-state index contributed by atoms with van der Waals surface area (Å²) >= 11 is 1.18. The normalized spacial score (nSPS) is 14.8. The molecule has 2 aromatic carbocycles. The number of carbonyl (C=O) groups is 2. The summed E-state index contributed by atoms with van der Waals surface area (Å²) in [6.07, 6.45) is 3.30. The van der Waals surface area contributed by atoms with Crippen LogP contribution in [0.2, 0.25) is 0 Å². The minimum atomic E-state index is -1.03. The van der Waals surface area contributed by atoms with Crippen molar-refractivity contribution in [2.75, 3.05) is 19.8 Å². The quantitative estimate of drug-likeness (QED) is 0.305. The van der Waals surface area contributed by atoms with Gasteiger partial charge in [0.05, 0.1) is 40.6 Å². The van der Waals surface area contributed by atoms with Gasteiger partial charge >= 0.3 is 11.9 Å². The molecular formula is C29H28N2O7S. The number of hydrogen-bond donors (Lipinski definition) is 1. The number of aromatic nitrogens is 1. The second kappa shape index (κ2) is 12.0. The molecule has 1 atom stereocenters. The highest BCUT2D eigenvalue weighted by Gasteiger charge is 2.34. The van der Waals surface area contributed by atoms with Gasteiger partial charge in [-0.3, -0.25) is 9.36 Å². The number of hydrogen-bond acceptors (Lipinski definition) is 8. The summed E-state index contributed by atoms with van der Waals surface area (Å²) in [5, 5.41) is 9.17. The summed E-state index contributed by atoms with van der Waals surface area (Å²) in [6.45, 7) is 9.79. The smallest absolute Gasteiger partial charge is 0.338 e. The maximum atomic E-state index is 13.8. The van der Waals surface area contributed by atoms with Crippen LogP contribution >= 0.6 is 11.3 Å². The van der Waals surface area contributed by atoms with Crippen LogP contribution in [-0.2, 0) is 9.53 Å². The summed E-state index contributed by atoms with van der Waals surface area (Å²) in [4.78, 5) is 43.1. The Morgan fingerprint density at radius 1 is 1.10 bits per heavy atom. The van der Waals surface area contributed by atoms with Gasteiger partial charge in [0.25, 0.3) is 5.56 Å². The number of aromatic carboxylic acids is 1. The average Bonchev–Trinajstić information content (AvgIpc) is 3.21. The minimum absolute atomic E-state index is 0.147. The van der Waals surface area contributed by atoms with E-state index < -0.39 is 18.0 Å². The molecule has 3 aromatic rings. The number of carbonyl (C=O) groups excluding carboxylic acids is 1. The molecule has 0 aliphatic carbocycles. The van der Waals surface area contributed by atoms with E-state index in [1.807, 2.05) is 6.92 Å². The number of fused-ring (bicyclic) bond motifs is 1. The fourth-order valence-corrected chi connectivity index (χ4v) is 5.26. The number of ether oxygens (including phenoxy) is 3. The van der Waals surface area contributed by atoms with E-state index in [9.17, 15) is 14.4 Å².